The van der Waals surface area contributed by atoms with Crippen molar-refractivity contribution in [3.8, 4) is 5.75 Å². The number of carbonyl (C=O) groups is 1. The van der Waals surface area contributed by atoms with Crippen LogP contribution in [0.5, 0.6) is 5.75 Å². The quantitative estimate of drug-likeness (QED) is 0.717. The van der Waals surface area contributed by atoms with Crippen LogP contribution >= 0.6 is 11.3 Å². The van der Waals surface area contributed by atoms with Crippen molar-refractivity contribution in [2.24, 2.45) is 0 Å². The molecule has 1 aliphatic carbocycles. The van der Waals surface area contributed by atoms with Crippen molar-refractivity contribution < 1.29 is 14.3 Å². The summed E-state index contributed by atoms with van der Waals surface area (Å²) in [7, 11) is 0. The fraction of sp³-hybridized carbons (Fsp3) is 0.625. The predicted molar refractivity (Wildman–Crippen MR) is 121 cm³/mol. The Kier molecular flexibility index (Phi) is 5.73. The minimum Gasteiger partial charge on any atom is -0.490 e. The molecule has 6 heteroatoms. The first kappa shape index (κ1) is 20.3. The van der Waals surface area contributed by atoms with Crippen LogP contribution in [0.1, 0.15) is 55.6 Å². The third-order valence-electron chi connectivity index (χ3n) is 6.78. The molecule has 2 aromatic rings. The number of morpholine rings is 1. The molecule has 0 bridgehead atoms. The zero-order chi connectivity index (χ0) is 20.7. The highest BCUT2D eigenvalue weighted by Crippen LogP contribution is 2.32. The van der Waals surface area contributed by atoms with Gasteiger partial charge in [0.2, 0.25) is 0 Å². The van der Waals surface area contributed by atoms with Crippen LogP contribution in [0.2, 0.25) is 0 Å². The Morgan fingerprint density at radius 1 is 1.07 bits per heavy atom. The van der Waals surface area contributed by atoms with E-state index in [1.54, 1.807) is 11.3 Å². The van der Waals surface area contributed by atoms with Crippen LogP contribution in [0.25, 0.3) is 10.1 Å². The van der Waals surface area contributed by atoms with Crippen molar-refractivity contribution in [2.45, 2.75) is 70.3 Å². The van der Waals surface area contributed by atoms with E-state index in [0.717, 1.165) is 52.7 Å². The summed E-state index contributed by atoms with van der Waals surface area (Å²) < 4.78 is 13.2. The molecule has 162 valence electrons. The Morgan fingerprint density at radius 3 is 2.47 bits per heavy atom. The molecule has 3 fully saturated rings. The fourth-order valence-corrected chi connectivity index (χ4v) is 6.01. The third kappa shape index (κ3) is 4.23. The molecule has 5 nitrogen and oxygen atoms in total. The Balaban J connectivity index is 1.23. The summed E-state index contributed by atoms with van der Waals surface area (Å²) in [6.07, 6.45) is 6.84. The van der Waals surface area contributed by atoms with Crippen LogP contribution < -0.4 is 4.74 Å². The molecule has 0 N–H and O–H groups in total. The topological polar surface area (TPSA) is 42.0 Å². The second-order valence-corrected chi connectivity index (χ2v) is 10.3. The Hall–Kier alpha value is -1.63. The van der Waals surface area contributed by atoms with Gasteiger partial charge in [-0.1, -0.05) is 6.42 Å². The van der Waals surface area contributed by atoms with Crippen molar-refractivity contribution in [2.75, 3.05) is 26.2 Å². The standard InChI is InChI=1S/C24H32N2O3S/c1-16-14-26(15-17(2)28-16)24(27)23-13-18-12-21(6-7-22(18)30-23)29-20-8-10-25(11-9-20)19-4-3-5-19/h6-7,12-13,16-17,19-20H,3-5,8-11,14-15H2,1-2H3/t16-,17+. The first-order chi connectivity index (χ1) is 14.5. The van der Waals surface area contributed by atoms with Crippen molar-refractivity contribution in [1.29, 1.82) is 0 Å². The first-order valence-electron chi connectivity index (χ1n) is 11.4. The molecule has 2 atom stereocenters. The van der Waals surface area contributed by atoms with Gasteiger partial charge in [-0.3, -0.25) is 4.79 Å². The van der Waals surface area contributed by atoms with E-state index >= 15 is 0 Å². The number of carbonyl (C=O) groups excluding carboxylic acids is 1. The van der Waals surface area contributed by atoms with Gasteiger partial charge < -0.3 is 19.3 Å². The number of hydrogen-bond acceptors (Lipinski definition) is 5. The minimum atomic E-state index is 0.0859. The van der Waals surface area contributed by atoms with E-state index in [1.165, 1.54) is 19.3 Å². The number of amides is 1. The van der Waals surface area contributed by atoms with E-state index in [2.05, 4.69) is 23.1 Å². The molecule has 1 aromatic carbocycles. The number of thiophene rings is 1. The molecule has 3 aliphatic rings. The molecule has 5 rings (SSSR count). The molecule has 2 saturated heterocycles. The average molecular weight is 429 g/mol. The summed E-state index contributed by atoms with van der Waals surface area (Å²) in [5, 5.41) is 1.10. The Bertz CT molecular complexity index is 891. The molecule has 1 aromatic heterocycles. The number of fused-ring (bicyclic) bond motifs is 1. The molecular weight excluding hydrogens is 396 g/mol. The lowest BCUT2D eigenvalue weighted by atomic mass is 9.90. The second kappa shape index (κ2) is 8.48. The third-order valence-corrected chi connectivity index (χ3v) is 7.88. The van der Waals surface area contributed by atoms with Gasteiger partial charge in [0.15, 0.2) is 0 Å². The van der Waals surface area contributed by atoms with Crippen LogP contribution in [0, 0.1) is 0 Å². The lowest BCUT2D eigenvalue weighted by Gasteiger charge is -2.41. The maximum Gasteiger partial charge on any atom is 0.264 e. The van der Waals surface area contributed by atoms with Crippen molar-refractivity contribution in [1.82, 2.24) is 9.80 Å². The van der Waals surface area contributed by atoms with Gasteiger partial charge in [0.1, 0.15) is 11.9 Å². The molecule has 2 aliphatic heterocycles. The molecule has 0 radical (unpaired) electrons. The van der Waals surface area contributed by atoms with E-state index in [0.29, 0.717) is 19.2 Å². The highest BCUT2D eigenvalue weighted by molar-refractivity contribution is 7.20. The van der Waals surface area contributed by atoms with Crippen molar-refractivity contribution in [3.63, 3.8) is 0 Å². The molecule has 0 unspecified atom stereocenters. The molecule has 3 heterocycles. The maximum atomic E-state index is 13.0. The van der Waals surface area contributed by atoms with Crippen LogP contribution in [0.3, 0.4) is 0 Å². The largest absolute Gasteiger partial charge is 0.490 e. The number of hydrogen-bond donors (Lipinski definition) is 0. The number of ether oxygens (including phenoxy) is 2. The number of likely N-dealkylation sites (tertiary alicyclic amines) is 1. The smallest absolute Gasteiger partial charge is 0.264 e. The molecule has 1 saturated carbocycles. The molecule has 1 amide bonds. The summed E-state index contributed by atoms with van der Waals surface area (Å²) in [5.41, 5.74) is 0. The van der Waals surface area contributed by atoms with Crippen LogP contribution in [0.4, 0.5) is 0 Å². The highest BCUT2D eigenvalue weighted by Gasteiger charge is 2.30. The van der Waals surface area contributed by atoms with E-state index in [-0.39, 0.29) is 18.1 Å². The van der Waals surface area contributed by atoms with Gasteiger partial charge in [0.25, 0.3) is 5.91 Å². The van der Waals surface area contributed by atoms with Gasteiger partial charge in [-0.2, -0.15) is 0 Å². The predicted octanol–water partition coefficient (Wildman–Crippen LogP) is 4.55. The molecular formula is C24H32N2O3S. The average Bonchev–Trinajstić information content (AvgIpc) is 3.10. The summed E-state index contributed by atoms with van der Waals surface area (Å²) in [4.78, 5) is 18.4. The zero-order valence-electron chi connectivity index (χ0n) is 18.0. The van der Waals surface area contributed by atoms with Gasteiger partial charge in [-0.15, -0.1) is 11.3 Å². The fourth-order valence-electron chi connectivity index (χ4n) is 5.00. The summed E-state index contributed by atoms with van der Waals surface area (Å²) >= 11 is 1.57. The van der Waals surface area contributed by atoms with E-state index in [4.69, 9.17) is 9.47 Å². The zero-order valence-corrected chi connectivity index (χ0v) is 18.8. The number of nitrogens with zero attached hydrogens (tertiary/aromatic N) is 2. The van der Waals surface area contributed by atoms with Gasteiger partial charge in [-0.05, 0) is 69.2 Å². The van der Waals surface area contributed by atoms with E-state index in [1.807, 2.05) is 24.8 Å². The minimum absolute atomic E-state index is 0.0859. The van der Waals surface area contributed by atoms with Gasteiger partial charge >= 0.3 is 0 Å². The first-order valence-corrected chi connectivity index (χ1v) is 12.3. The van der Waals surface area contributed by atoms with Crippen LogP contribution in [-0.4, -0.2) is 66.2 Å². The lowest BCUT2D eigenvalue weighted by Crippen LogP contribution is -2.48. The van der Waals surface area contributed by atoms with Crippen LogP contribution in [-0.2, 0) is 4.74 Å². The van der Waals surface area contributed by atoms with E-state index in [9.17, 15) is 4.79 Å². The Morgan fingerprint density at radius 2 is 1.80 bits per heavy atom. The van der Waals surface area contributed by atoms with Gasteiger partial charge in [-0.25, -0.2) is 0 Å². The number of benzene rings is 1. The lowest BCUT2D eigenvalue weighted by molar-refractivity contribution is -0.0585. The highest BCUT2D eigenvalue weighted by atomic mass is 32.1. The maximum absolute atomic E-state index is 13.0. The number of piperidine rings is 1. The van der Waals surface area contributed by atoms with Gasteiger partial charge in [0.05, 0.1) is 17.1 Å². The monoisotopic (exact) mass is 428 g/mol. The molecule has 0 spiro atoms. The second-order valence-electron chi connectivity index (χ2n) is 9.22. The van der Waals surface area contributed by atoms with Crippen LogP contribution in [0.15, 0.2) is 24.3 Å². The summed E-state index contributed by atoms with van der Waals surface area (Å²) in [5.74, 6) is 1.04. The van der Waals surface area contributed by atoms with Crippen molar-refractivity contribution in [3.05, 3.63) is 29.1 Å². The summed E-state index contributed by atoms with van der Waals surface area (Å²) in [6, 6.07) is 9.12. The summed E-state index contributed by atoms with van der Waals surface area (Å²) in [6.45, 7) is 7.69. The van der Waals surface area contributed by atoms with E-state index < -0.39 is 0 Å². The Labute approximate surface area is 182 Å². The molecule has 30 heavy (non-hydrogen) atoms. The SMILES string of the molecule is C[C@@H]1CN(C(=O)c2cc3cc(OC4CCN(C5CCC5)CC4)ccc3s2)C[C@H](C)O1. The van der Waals surface area contributed by atoms with Crippen molar-refractivity contribution >= 4 is 27.3 Å². The normalized spacial score (nSPS) is 26.7. The number of rotatable bonds is 4. The van der Waals surface area contributed by atoms with Gasteiger partial charge in [0, 0.05) is 36.9 Å².